The molecule has 0 heteroatoms. The van der Waals surface area contributed by atoms with Crippen LogP contribution in [0.4, 0.5) is 0 Å². The highest BCUT2D eigenvalue weighted by atomic mass is 13.8. The van der Waals surface area contributed by atoms with E-state index in [1.54, 1.807) is 12.2 Å². The third kappa shape index (κ3) is 10.4. The van der Waals surface area contributed by atoms with Gasteiger partial charge in [-0.3, -0.25) is 0 Å². The number of hydrogen-bond donors (Lipinski definition) is 0. The Morgan fingerprint density at radius 1 is 1.13 bits per heavy atom. The van der Waals surface area contributed by atoms with Gasteiger partial charge in [0.15, 0.2) is 0 Å². The molecule has 0 spiro atoms. The lowest BCUT2D eigenvalue weighted by Crippen LogP contribution is -1.62. The largest absolute Gasteiger partial charge is 0.0991 e. The molecule has 1 aromatic carbocycles. The molecule has 0 nitrogen and oxygen atoms in total. The average Bonchev–Trinajstić information content (AvgIpc) is 2.20. The molecule has 0 aliphatic rings. The molecule has 0 aliphatic heterocycles. The van der Waals surface area contributed by atoms with Crippen LogP contribution in [0, 0.1) is 6.92 Å². The summed E-state index contributed by atoms with van der Waals surface area (Å²) in [5, 5.41) is 0. The van der Waals surface area contributed by atoms with Crippen LogP contribution in [0.5, 0.6) is 0 Å². The second-order valence-corrected chi connectivity index (χ2v) is 3.01. The van der Waals surface area contributed by atoms with Crippen molar-refractivity contribution in [2.24, 2.45) is 0 Å². The van der Waals surface area contributed by atoms with Crippen molar-refractivity contribution in [1.82, 2.24) is 0 Å². The second-order valence-electron chi connectivity index (χ2n) is 3.01. The van der Waals surface area contributed by atoms with Crippen molar-refractivity contribution in [1.29, 1.82) is 0 Å². The molecule has 0 bridgehead atoms. The molecule has 0 unspecified atom stereocenters. The van der Waals surface area contributed by atoms with E-state index in [0.717, 1.165) is 5.57 Å². The lowest BCUT2D eigenvalue weighted by molar-refractivity contribution is 1.48. The Hall–Kier alpha value is -1.56. The molecule has 1 rings (SSSR count). The fourth-order valence-electron chi connectivity index (χ4n) is 0.788. The predicted octanol–water partition coefficient (Wildman–Crippen LogP) is 4.94. The molecule has 0 atom stereocenters. The number of rotatable bonds is 2. The van der Waals surface area contributed by atoms with Crippen molar-refractivity contribution in [2.45, 2.75) is 21.3 Å². The van der Waals surface area contributed by atoms with Crippen molar-refractivity contribution in [3.8, 4) is 0 Å². The third-order valence-corrected chi connectivity index (χ3v) is 1.64. The normalized spacial score (nSPS) is 9.07. The maximum Gasteiger partial charge on any atom is -0.0398 e. The quantitative estimate of drug-likeness (QED) is 0.596. The molecule has 1 aromatic rings. The molecule has 0 radical (unpaired) electrons. The first-order valence-corrected chi connectivity index (χ1v) is 4.64. The summed E-state index contributed by atoms with van der Waals surface area (Å²) in [6.45, 7) is 11.2. The molecular formula is C15H22. The lowest BCUT2D eigenvalue weighted by atomic mass is 10.2. The monoisotopic (exact) mass is 202 g/mol. The summed E-state index contributed by atoms with van der Waals surface area (Å²) in [4.78, 5) is 0. The number of allylic oxidation sites excluding steroid dienone is 4. The Morgan fingerprint density at radius 2 is 1.67 bits per heavy atom. The zero-order valence-electron chi connectivity index (χ0n) is 9.03. The second kappa shape index (κ2) is 10.5. The van der Waals surface area contributed by atoms with E-state index in [2.05, 4.69) is 32.2 Å². The van der Waals surface area contributed by atoms with Crippen LogP contribution in [0.3, 0.4) is 0 Å². The van der Waals surface area contributed by atoms with Gasteiger partial charge in [-0.1, -0.05) is 80.3 Å². The van der Waals surface area contributed by atoms with Gasteiger partial charge in [0.1, 0.15) is 0 Å². The summed E-state index contributed by atoms with van der Waals surface area (Å²) in [7, 11) is 0. The summed E-state index contributed by atoms with van der Waals surface area (Å²) in [6, 6.07) is 10.3. The topological polar surface area (TPSA) is 0 Å². The van der Waals surface area contributed by atoms with Crippen molar-refractivity contribution >= 4 is 0 Å². The van der Waals surface area contributed by atoms with E-state index < -0.39 is 0 Å². The first-order chi connectivity index (χ1) is 6.70. The van der Waals surface area contributed by atoms with E-state index in [-0.39, 0.29) is 7.43 Å². The molecule has 0 fully saturated rings. The lowest BCUT2D eigenvalue weighted by Gasteiger charge is -1.82. The molecule has 82 valence electrons. The molecule has 0 saturated heterocycles. The van der Waals surface area contributed by atoms with E-state index in [4.69, 9.17) is 0 Å². The highest BCUT2D eigenvalue weighted by Gasteiger charge is 1.72. The van der Waals surface area contributed by atoms with E-state index in [1.807, 2.05) is 31.2 Å². The van der Waals surface area contributed by atoms with Crippen molar-refractivity contribution in [3.63, 3.8) is 0 Å². The summed E-state index contributed by atoms with van der Waals surface area (Å²) >= 11 is 0. The van der Waals surface area contributed by atoms with Crippen molar-refractivity contribution < 1.29 is 0 Å². The van der Waals surface area contributed by atoms with Gasteiger partial charge in [-0.05, 0) is 13.8 Å². The first kappa shape index (κ1) is 15.9. The van der Waals surface area contributed by atoms with Crippen LogP contribution in [-0.2, 0) is 0 Å². The van der Waals surface area contributed by atoms with E-state index in [1.165, 1.54) is 5.56 Å². The number of aryl methyl sites for hydroxylation is 1. The Kier molecular flexibility index (Phi) is 11.1. The highest BCUT2D eigenvalue weighted by Crippen LogP contribution is 1.92. The molecule has 0 N–H and O–H groups in total. The molecule has 0 aliphatic carbocycles. The van der Waals surface area contributed by atoms with Crippen LogP contribution in [0.1, 0.15) is 19.9 Å². The molecule has 0 saturated carbocycles. The van der Waals surface area contributed by atoms with Crippen molar-refractivity contribution in [3.05, 3.63) is 72.9 Å². The van der Waals surface area contributed by atoms with E-state index in [9.17, 15) is 0 Å². The molecule has 0 heterocycles. The predicted molar refractivity (Wildman–Crippen MR) is 72.1 cm³/mol. The van der Waals surface area contributed by atoms with Crippen LogP contribution in [0.2, 0.25) is 0 Å². The van der Waals surface area contributed by atoms with Gasteiger partial charge in [0.25, 0.3) is 0 Å². The van der Waals surface area contributed by atoms with Crippen LogP contribution < -0.4 is 0 Å². The number of hydrogen-bond acceptors (Lipinski definition) is 0. The maximum atomic E-state index is 3.56. The van der Waals surface area contributed by atoms with Gasteiger partial charge >= 0.3 is 0 Å². The molecule has 15 heavy (non-hydrogen) atoms. The van der Waals surface area contributed by atoms with Crippen LogP contribution in [-0.4, -0.2) is 0 Å². The van der Waals surface area contributed by atoms with Gasteiger partial charge in [-0.2, -0.15) is 0 Å². The molecule has 0 aromatic heterocycles. The van der Waals surface area contributed by atoms with E-state index in [0.29, 0.717) is 0 Å². The Labute approximate surface area is 94.7 Å². The fraction of sp³-hybridized carbons (Fsp3) is 0.200. The van der Waals surface area contributed by atoms with Gasteiger partial charge in [0.2, 0.25) is 0 Å². The summed E-state index contributed by atoms with van der Waals surface area (Å²) < 4.78 is 0. The SMILES string of the molecule is C.C=C/C=C(/C)C=C.Cc1ccccc1. The summed E-state index contributed by atoms with van der Waals surface area (Å²) in [5.74, 6) is 0. The first-order valence-electron chi connectivity index (χ1n) is 4.64. The number of benzene rings is 1. The molecular weight excluding hydrogens is 180 g/mol. The fourth-order valence-corrected chi connectivity index (χ4v) is 0.788. The van der Waals surface area contributed by atoms with Crippen molar-refractivity contribution in [2.75, 3.05) is 0 Å². The van der Waals surface area contributed by atoms with Crippen LogP contribution in [0.15, 0.2) is 67.3 Å². The minimum Gasteiger partial charge on any atom is -0.0991 e. The minimum absolute atomic E-state index is 0. The van der Waals surface area contributed by atoms with Gasteiger partial charge in [0, 0.05) is 0 Å². The highest BCUT2D eigenvalue weighted by molar-refractivity contribution is 5.17. The Bertz CT molecular complexity index is 291. The zero-order valence-corrected chi connectivity index (χ0v) is 9.03. The smallest absolute Gasteiger partial charge is 0.0398 e. The van der Waals surface area contributed by atoms with Gasteiger partial charge in [-0.15, -0.1) is 0 Å². The Morgan fingerprint density at radius 3 is 1.87 bits per heavy atom. The third-order valence-electron chi connectivity index (χ3n) is 1.64. The maximum absolute atomic E-state index is 3.56. The summed E-state index contributed by atoms with van der Waals surface area (Å²) in [5.41, 5.74) is 2.47. The van der Waals surface area contributed by atoms with E-state index >= 15 is 0 Å². The van der Waals surface area contributed by atoms with Gasteiger partial charge in [0.05, 0.1) is 0 Å². The Balaban J connectivity index is 0. The zero-order chi connectivity index (χ0) is 10.8. The summed E-state index contributed by atoms with van der Waals surface area (Å²) in [6.07, 6.45) is 5.45. The molecule has 0 amide bonds. The standard InChI is InChI=1S/C7H8.C7H10.CH4/c1-7-5-3-2-4-6-7;1-4-6-7(3)5-2;/h2-6H,1H3;4-6H,1-2H2,3H3;1H4/b;7-6-;. The average molecular weight is 202 g/mol. The van der Waals surface area contributed by atoms with Gasteiger partial charge in [-0.25, -0.2) is 0 Å². The van der Waals surface area contributed by atoms with Crippen LogP contribution in [0.25, 0.3) is 0 Å². The minimum atomic E-state index is 0. The van der Waals surface area contributed by atoms with Gasteiger partial charge < -0.3 is 0 Å². The van der Waals surface area contributed by atoms with Crippen LogP contribution >= 0.6 is 0 Å².